The van der Waals surface area contributed by atoms with Crippen molar-refractivity contribution in [2.45, 2.75) is 76.5 Å². The van der Waals surface area contributed by atoms with E-state index >= 15 is 0 Å². The summed E-state index contributed by atoms with van der Waals surface area (Å²) in [5.74, 6) is 0. The molecular weight excluding hydrogens is 226 g/mol. The predicted molar refractivity (Wildman–Crippen MR) is 73.9 cm³/mol. The van der Waals surface area contributed by atoms with Crippen molar-refractivity contribution in [1.82, 2.24) is 5.32 Å². The van der Waals surface area contributed by atoms with Crippen LogP contribution in [0.3, 0.4) is 0 Å². The Balaban J connectivity index is 1.83. The molecule has 2 rings (SSSR count). The lowest BCUT2D eigenvalue weighted by Crippen LogP contribution is -2.43. The summed E-state index contributed by atoms with van der Waals surface area (Å²) < 4.78 is 11.8. The monoisotopic (exact) mass is 255 g/mol. The van der Waals surface area contributed by atoms with Crippen molar-refractivity contribution in [1.29, 1.82) is 0 Å². The molecule has 3 nitrogen and oxygen atoms in total. The van der Waals surface area contributed by atoms with E-state index in [9.17, 15) is 0 Å². The van der Waals surface area contributed by atoms with Gasteiger partial charge in [0, 0.05) is 19.3 Å². The van der Waals surface area contributed by atoms with E-state index in [0.29, 0.717) is 18.2 Å². The maximum Gasteiger partial charge on any atom is 0.0731 e. The summed E-state index contributed by atoms with van der Waals surface area (Å²) in [5, 5.41) is 3.69. The van der Waals surface area contributed by atoms with Gasteiger partial charge in [-0.2, -0.15) is 0 Å². The quantitative estimate of drug-likeness (QED) is 0.766. The Morgan fingerprint density at radius 1 is 1.06 bits per heavy atom. The zero-order valence-electron chi connectivity index (χ0n) is 11.8. The van der Waals surface area contributed by atoms with Crippen LogP contribution in [-0.2, 0) is 9.47 Å². The number of hydrogen-bond acceptors (Lipinski definition) is 3. The van der Waals surface area contributed by atoms with Gasteiger partial charge in [-0.1, -0.05) is 26.2 Å². The maximum atomic E-state index is 6.38. The second kappa shape index (κ2) is 8.13. The number of ether oxygens (including phenoxy) is 2. The molecule has 1 saturated heterocycles. The maximum absolute atomic E-state index is 6.38. The molecule has 0 aromatic rings. The van der Waals surface area contributed by atoms with Crippen molar-refractivity contribution in [2.75, 3.05) is 19.8 Å². The van der Waals surface area contributed by atoms with Crippen molar-refractivity contribution in [3.63, 3.8) is 0 Å². The van der Waals surface area contributed by atoms with Gasteiger partial charge < -0.3 is 14.8 Å². The molecule has 106 valence electrons. The Morgan fingerprint density at radius 2 is 1.83 bits per heavy atom. The summed E-state index contributed by atoms with van der Waals surface area (Å²) in [6, 6.07) is 0.579. The Labute approximate surface area is 112 Å². The lowest BCUT2D eigenvalue weighted by atomic mass is 10.0. The minimum atomic E-state index is 0.433. The third-order valence-corrected chi connectivity index (χ3v) is 4.14. The first-order valence-corrected chi connectivity index (χ1v) is 7.86. The van der Waals surface area contributed by atoms with E-state index in [2.05, 4.69) is 12.2 Å². The summed E-state index contributed by atoms with van der Waals surface area (Å²) in [4.78, 5) is 0. The first kappa shape index (κ1) is 14.3. The van der Waals surface area contributed by atoms with Crippen LogP contribution in [0.1, 0.15) is 58.3 Å². The molecule has 1 heterocycles. The minimum Gasteiger partial charge on any atom is -0.381 e. The second-order valence-electron chi connectivity index (χ2n) is 5.68. The Bertz CT molecular complexity index is 217. The molecule has 3 heteroatoms. The van der Waals surface area contributed by atoms with Crippen LogP contribution in [0.4, 0.5) is 0 Å². The molecule has 0 radical (unpaired) electrons. The van der Waals surface area contributed by atoms with Crippen LogP contribution < -0.4 is 5.32 Å². The molecule has 0 bridgehead atoms. The van der Waals surface area contributed by atoms with Gasteiger partial charge in [-0.25, -0.2) is 0 Å². The van der Waals surface area contributed by atoms with E-state index < -0.39 is 0 Å². The van der Waals surface area contributed by atoms with Crippen LogP contribution in [-0.4, -0.2) is 38.0 Å². The van der Waals surface area contributed by atoms with Crippen molar-refractivity contribution >= 4 is 0 Å². The molecule has 2 fully saturated rings. The Morgan fingerprint density at radius 3 is 2.61 bits per heavy atom. The normalized spacial score (nSPS) is 31.2. The fourth-order valence-corrected chi connectivity index (χ4v) is 3.06. The highest BCUT2D eigenvalue weighted by atomic mass is 16.5. The second-order valence-corrected chi connectivity index (χ2v) is 5.68. The van der Waals surface area contributed by atoms with E-state index in [1.807, 2.05) is 0 Å². The van der Waals surface area contributed by atoms with E-state index in [0.717, 1.165) is 32.6 Å². The summed E-state index contributed by atoms with van der Waals surface area (Å²) in [5.41, 5.74) is 0. The Hall–Kier alpha value is -0.120. The third kappa shape index (κ3) is 4.52. The van der Waals surface area contributed by atoms with Crippen molar-refractivity contribution in [3.05, 3.63) is 0 Å². The van der Waals surface area contributed by atoms with Gasteiger partial charge in [-0.05, 0) is 38.6 Å². The van der Waals surface area contributed by atoms with Crippen molar-refractivity contribution in [2.24, 2.45) is 0 Å². The van der Waals surface area contributed by atoms with Crippen LogP contribution >= 0.6 is 0 Å². The molecule has 0 aromatic heterocycles. The van der Waals surface area contributed by atoms with E-state index in [-0.39, 0.29) is 0 Å². The van der Waals surface area contributed by atoms with Gasteiger partial charge in [-0.15, -0.1) is 0 Å². The topological polar surface area (TPSA) is 30.5 Å². The SMILES string of the molecule is CCCNC1CCCCCC1OC1CCOCC1. The largest absolute Gasteiger partial charge is 0.381 e. The molecule has 0 amide bonds. The summed E-state index contributed by atoms with van der Waals surface area (Å²) >= 11 is 0. The van der Waals surface area contributed by atoms with Gasteiger partial charge in [0.25, 0.3) is 0 Å². The number of rotatable bonds is 5. The van der Waals surface area contributed by atoms with Gasteiger partial charge in [0.05, 0.1) is 12.2 Å². The van der Waals surface area contributed by atoms with Crippen LogP contribution in [0.15, 0.2) is 0 Å². The van der Waals surface area contributed by atoms with Crippen LogP contribution in [0, 0.1) is 0 Å². The van der Waals surface area contributed by atoms with Gasteiger partial charge in [0.15, 0.2) is 0 Å². The predicted octanol–water partition coefficient (Wildman–Crippen LogP) is 2.88. The summed E-state index contributed by atoms with van der Waals surface area (Å²) in [6.45, 7) is 5.12. The molecule has 0 spiro atoms. The number of hydrogen-bond donors (Lipinski definition) is 1. The minimum absolute atomic E-state index is 0.433. The zero-order valence-corrected chi connectivity index (χ0v) is 11.8. The lowest BCUT2D eigenvalue weighted by molar-refractivity contribution is -0.0810. The lowest BCUT2D eigenvalue weighted by Gasteiger charge is -2.32. The van der Waals surface area contributed by atoms with Gasteiger partial charge in [0.1, 0.15) is 0 Å². The molecule has 2 aliphatic rings. The fourth-order valence-electron chi connectivity index (χ4n) is 3.06. The highest BCUT2D eigenvalue weighted by molar-refractivity contribution is 4.81. The van der Waals surface area contributed by atoms with Crippen LogP contribution in [0.2, 0.25) is 0 Å². The highest BCUT2D eigenvalue weighted by Gasteiger charge is 2.27. The average Bonchev–Trinajstić information content (AvgIpc) is 2.63. The molecular formula is C15H29NO2. The molecule has 1 aliphatic heterocycles. The number of nitrogens with one attached hydrogen (secondary N) is 1. The summed E-state index contributed by atoms with van der Waals surface area (Å²) in [7, 11) is 0. The molecule has 1 saturated carbocycles. The molecule has 1 aliphatic carbocycles. The Kier molecular flexibility index (Phi) is 6.46. The van der Waals surface area contributed by atoms with Gasteiger partial charge >= 0.3 is 0 Å². The van der Waals surface area contributed by atoms with E-state index in [1.165, 1.54) is 38.5 Å². The van der Waals surface area contributed by atoms with Crippen molar-refractivity contribution < 1.29 is 9.47 Å². The smallest absolute Gasteiger partial charge is 0.0731 e. The average molecular weight is 255 g/mol. The first-order valence-electron chi connectivity index (χ1n) is 7.86. The molecule has 2 unspecified atom stereocenters. The first-order chi connectivity index (χ1) is 8.90. The summed E-state index contributed by atoms with van der Waals surface area (Å²) in [6.07, 6.45) is 10.8. The highest BCUT2D eigenvalue weighted by Crippen LogP contribution is 2.24. The van der Waals surface area contributed by atoms with Crippen LogP contribution in [0.5, 0.6) is 0 Å². The molecule has 0 aromatic carbocycles. The van der Waals surface area contributed by atoms with Crippen molar-refractivity contribution in [3.8, 4) is 0 Å². The fraction of sp³-hybridized carbons (Fsp3) is 1.00. The third-order valence-electron chi connectivity index (χ3n) is 4.14. The van der Waals surface area contributed by atoms with Gasteiger partial charge in [-0.3, -0.25) is 0 Å². The zero-order chi connectivity index (χ0) is 12.6. The van der Waals surface area contributed by atoms with E-state index in [4.69, 9.17) is 9.47 Å². The van der Waals surface area contributed by atoms with E-state index in [1.54, 1.807) is 0 Å². The van der Waals surface area contributed by atoms with Gasteiger partial charge in [0.2, 0.25) is 0 Å². The standard InChI is InChI=1S/C15H29NO2/c1-2-10-16-14-6-4-3-5-7-15(14)18-13-8-11-17-12-9-13/h13-16H,2-12H2,1H3. The molecule has 2 atom stereocenters. The molecule has 18 heavy (non-hydrogen) atoms. The van der Waals surface area contributed by atoms with Crippen LogP contribution in [0.25, 0.3) is 0 Å². The molecule has 1 N–H and O–H groups in total.